The maximum Gasteiger partial charge on any atom is 0.416 e. The van der Waals surface area contributed by atoms with Gasteiger partial charge in [0.25, 0.3) is 0 Å². The van der Waals surface area contributed by atoms with Crippen LogP contribution in [0.1, 0.15) is 49.7 Å². The Morgan fingerprint density at radius 2 is 2.07 bits per heavy atom. The van der Waals surface area contributed by atoms with Gasteiger partial charge in [-0.1, -0.05) is 18.2 Å². The first-order valence-corrected chi connectivity index (χ1v) is 11.3. The standard InChI is InChI=1S/C21H28F3NO4S/c22-21(23,24)16-4-1-3-15(13-16)14-18(26)8-6-17-7-9-19(27)25(17)10-12-30-11-2-5-20(28)29/h1,3-4,13,17-18,26H,2,5-12,14H2,(H,28,29)/t17-,18+/m0/s1. The molecule has 0 aliphatic carbocycles. The van der Waals surface area contributed by atoms with Crippen molar-refractivity contribution in [1.29, 1.82) is 0 Å². The number of carboxylic acid groups (broad SMARTS) is 1. The van der Waals surface area contributed by atoms with E-state index in [2.05, 4.69) is 0 Å². The normalized spacial score (nSPS) is 18.1. The fraction of sp³-hybridized carbons (Fsp3) is 0.619. The van der Waals surface area contributed by atoms with Crippen molar-refractivity contribution < 1.29 is 33.0 Å². The summed E-state index contributed by atoms with van der Waals surface area (Å²) >= 11 is 1.62. The summed E-state index contributed by atoms with van der Waals surface area (Å²) in [7, 11) is 0. The van der Waals surface area contributed by atoms with E-state index in [4.69, 9.17) is 5.11 Å². The van der Waals surface area contributed by atoms with Crippen molar-refractivity contribution in [3.8, 4) is 0 Å². The minimum Gasteiger partial charge on any atom is -0.481 e. The second kappa shape index (κ2) is 11.6. The minimum atomic E-state index is -4.41. The smallest absolute Gasteiger partial charge is 0.416 e. The Morgan fingerprint density at radius 3 is 2.77 bits per heavy atom. The van der Waals surface area contributed by atoms with Crippen molar-refractivity contribution in [1.82, 2.24) is 4.90 Å². The molecule has 1 amide bonds. The average Bonchev–Trinajstić information content (AvgIpc) is 3.02. The number of hydrogen-bond acceptors (Lipinski definition) is 4. The summed E-state index contributed by atoms with van der Waals surface area (Å²) in [5.41, 5.74) is -0.282. The lowest BCUT2D eigenvalue weighted by molar-refractivity contribution is -0.138. The van der Waals surface area contributed by atoms with Gasteiger partial charge in [-0.15, -0.1) is 0 Å². The molecule has 30 heavy (non-hydrogen) atoms. The summed E-state index contributed by atoms with van der Waals surface area (Å²) in [5, 5.41) is 18.9. The highest BCUT2D eigenvalue weighted by molar-refractivity contribution is 7.99. The van der Waals surface area contributed by atoms with Crippen LogP contribution in [-0.2, 0) is 22.2 Å². The molecule has 2 N–H and O–H groups in total. The number of benzene rings is 1. The van der Waals surface area contributed by atoms with E-state index in [0.29, 0.717) is 37.8 Å². The number of nitrogens with zero attached hydrogens (tertiary/aromatic N) is 1. The molecule has 1 saturated heterocycles. The Bertz CT molecular complexity index is 714. The zero-order chi connectivity index (χ0) is 22.1. The quantitative estimate of drug-likeness (QED) is 0.474. The van der Waals surface area contributed by atoms with Crippen LogP contribution in [0, 0.1) is 0 Å². The van der Waals surface area contributed by atoms with Gasteiger partial charge in [0.15, 0.2) is 0 Å². The molecule has 1 aliphatic heterocycles. The molecular weight excluding hydrogens is 419 g/mol. The van der Waals surface area contributed by atoms with Crippen molar-refractivity contribution in [2.24, 2.45) is 0 Å². The van der Waals surface area contributed by atoms with Gasteiger partial charge >= 0.3 is 12.1 Å². The molecule has 0 bridgehead atoms. The minimum absolute atomic E-state index is 0.0354. The van der Waals surface area contributed by atoms with E-state index < -0.39 is 23.8 Å². The number of carbonyl (C=O) groups excluding carboxylic acids is 1. The Balaban J connectivity index is 1.75. The van der Waals surface area contributed by atoms with Gasteiger partial charge in [-0.25, -0.2) is 0 Å². The van der Waals surface area contributed by atoms with Crippen LogP contribution in [0.3, 0.4) is 0 Å². The zero-order valence-corrected chi connectivity index (χ0v) is 17.6. The van der Waals surface area contributed by atoms with Crippen molar-refractivity contribution >= 4 is 23.6 Å². The number of amides is 1. The van der Waals surface area contributed by atoms with Crippen LogP contribution in [0.5, 0.6) is 0 Å². The van der Waals surface area contributed by atoms with Crippen LogP contribution in [0.4, 0.5) is 13.2 Å². The number of halogens is 3. The molecule has 1 heterocycles. The number of aliphatic carboxylic acids is 1. The molecule has 1 fully saturated rings. The Labute approximate surface area is 178 Å². The fourth-order valence-corrected chi connectivity index (χ4v) is 4.50. The molecule has 9 heteroatoms. The van der Waals surface area contributed by atoms with Gasteiger partial charge < -0.3 is 15.1 Å². The Morgan fingerprint density at radius 1 is 1.30 bits per heavy atom. The summed E-state index contributed by atoms with van der Waals surface area (Å²) < 4.78 is 38.4. The monoisotopic (exact) mass is 447 g/mol. The van der Waals surface area contributed by atoms with Gasteiger partial charge in [0, 0.05) is 31.2 Å². The third-order valence-corrected chi connectivity index (χ3v) is 6.22. The highest BCUT2D eigenvalue weighted by atomic mass is 32.2. The fourth-order valence-electron chi connectivity index (χ4n) is 3.62. The molecule has 0 spiro atoms. The van der Waals surface area contributed by atoms with Gasteiger partial charge in [-0.3, -0.25) is 9.59 Å². The first-order chi connectivity index (χ1) is 14.2. The number of carboxylic acids is 1. The number of alkyl halides is 3. The molecule has 0 aromatic heterocycles. The third-order valence-electron chi connectivity index (χ3n) is 5.17. The van der Waals surface area contributed by atoms with Gasteiger partial charge in [0.05, 0.1) is 11.7 Å². The zero-order valence-electron chi connectivity index (χ0n) is 16.7. The van der Waals surface area contributed by atoms with Gasteiger partial charge in [-0.05, 0) is 49.5 Å². The van der Waals surface area contributed by atoms with E-state index in [0.717, 1.165) is 30.1 Å². The lowest BCUT2D eigenvalue weighted by Crippen LogP contribution is -2.35. The van der Waals surface area contributed by atoms with Gasteiger partial charge in [0.1, 0.15) is 0 Å². The van der Waals surface area contributed by atoms with Crippen molar-refractivity contribution in [3.63, 3.8) is 0 Å². The summed E-state index contributed by atoms with van der Waals surface area (Å²) in [4.78, 5) is 24.4. The highest BCUT2D eigenvalue weighted by Crippen LogP contribution is 2.30. The molecular formula is C21H28F3NO4S. The largest absolute Gasteiger partial charge is 0.481 e. The van der Waals surface area contributed by atoms with Crippen LogP contribution in [0.15, 0.2) is 24.3 Å². The van der Waals surface area contributed by atoms with E-state index in [1.165, 1.54) is 6.07 Å². The van der Waals surface area contributed by atoms with E-state index in [1.807, 2.05) is 4.90 Å². The molecule has 0 saturated carbocycles. The van der Waals surface area contributed by atoms with Crippen LogP contribution >= 0.6 is 11.8 Å². The van der Waals surface area contributed by atoms with Crippen LogP contribution in [0.2, 0.25) is 0 Å². The van der Waals surface area contributed by atoms with Crippen molar-refractivity contribution in [2.75, 3.05) is 18.1 Å². The van der Waals surface area contributed by atoms with Crippen molar-refractivity contribution in [2.45, 2.75) is 63.3 Å². The van der Waals surface area contributed by atoms with E-state index >= 15 is 0 Å². The number of carbonyl (C=O) groups is 2. The predicted octanol–water partition coefficient (Wildman–Crippen LogP) is 3.98. The second-order valence-electron chi connectivity index (χ2n) is 7.52. The van der Waals surface area contributed by atoms with E-state index in [1.54, 1.807) is 17.8 Å². The number of aliphatic hydroxyl groups excluding tert-OH is 1. The highest BCUT2D eigenvalue weighted by Gasteiger charge is 2.31. The predicted molar refractivity (Wildman–Crippen MR) is 109 cm³/mol. The van der Waals surface area contributed by atoms with E-state index in [-0.39, 0.29) is 24.8 Å². The Hall–Kier alpha value is -1.74. The summed E-state index contributed by atoms with van der Waals surface area (Å²) in [6.45, 7) is 0.588. The lowest BCUT2D eigenvalue weighted by Gasteiger charge is -2.25. The Kier molecular flexibility index (Phi) is 9.48. The third kappa shape index (κ3) is 8.18. The van der Waals surface area contributed by atoms with Crippen molar-refractivity contribution in [3.05, 3.63) is 35.4 Å². The van der Waals surface area contributed by atoms with Crippen LogP contribution < -0.4 is 0 Å². The molecule has 0 unspecified atom stereocenters. The molecule has 1 aromatic carbocycles. The molecule has 2 rings (SSSR count). The SMILES string of the molecule is O=C(O)CCCSCCN1C(=O)CC[C@@H]1CC[C@@H](O)Cc1cccc(C(F)(F)F)c1. The first kappa shape index (κ1) is 24.5. The lowest BCUT2D eigenvalue weighted by atomic mass is 9.99. The van der Waals surface area contributed by atoms with Gasteiger partial charge in [-0.2, -0.15) is 24.9 Å². The molecule has 1 aliphatic rings. The molecule has 0 radical (unpaired) electrons. The maximum absolute atomic E-state index is 12.8. The summed E-state index contributed by atoms with van der Waals surface area (Å²) in [6.07, 6.45) is -2.08. The number of aliphatic hydroxyl groups is 1. The molecule has 168 valence electrons. The summed E-state index contributed by atoms with van der Waals surface area (Å²) in [5.74, 6) is 0.733. The first-order valence-electron chi connectivity index (χ1n) is 10.1. The number of thioether (sulfide) groups is 1. The molecule has 5 nitrogen and oxygen atoms in total. The second-order valence-corrected chi connectivity index (χ2v) is 8.75. The number of rotatable bonds is 12. The average molecular weight is 448 g/mol. The molecule has 2 atom stereocenters. The topological polar surface area (TPSA) is 77.8 Å². The van der Waals surface area contributed by atoms with Gasteiger partial charge in [0.2, 0.25) is 5.91 Å². The number of likely N-dealkylation sites (tertiary alicyclic amines) is 1. The summed E-state index contributed by atoms with van der Waals surface area (Å²) in [6, 6.07) is 5.03. The van der Waals surface area contributed by atoms with E-state index in [9.17, 15) is 27.9 Å². The molecule has 1 aromatic rings. The van der Waals surface area contributed by atoms with Crippen LogP contribution in [-0.4, -0.2) is 57.2 Å². The van der Waals surface area contributed by atoms with Crippen LogP contribution in [0.25, 0.3) is 0 Å². The number of hydrogen-bond donors (Lipinski definition) is 2. The maximum atomic E-state index is 12.8.